The zero-order valence-corrected chi connectivity index (χ0v) is 7.53. The van der Waals surface area contributed by atoms with Gasteiger partial charge in [-0.2, -0.15) is 0 Å². The molecule has 0 radical (unpaired) electrons. The van der Waals surface area contributed by atoms with Gasteiger partial charge in [0, 0.05) is 29.2 Å². The van der Waals surface area contributed by atoms with Gasteiger partial charge in [0.25, 0.3) is 0 Å². The molecule has 62 valence electrons. The third-order valence-corrected chi connectivity index (χ3v) is 2.35. The lowest BCUT2D eigenvalue weighted by molar-refractivity contribution is 0.254. The molecule has 0 aromatic rings. The Kier molecular flexibility index (Phi) is 4.08. The highest BCUT2D eigenvalue weighted by Crippen LogP contribution is 1.99. The molecule has 0 fully saturated rings. The molecule has 0 heterocycles. The third-order valence-electron chi connectivity index (χ3n) is 0.782. The van der Waals surface area contributed by atoms with E-state index in [1.54, 1.807) is 0 Å². The van der Waals surface area contributed by atoms with Gasteiger partial charge in [0.05, 0.1) is 0 Å². The van der Waals surface area contributed by atoms with Crippen molar-refractivity contribution in [2.75, 3.05) is 18.8 Å². The molecule has 0 aliphatic carbocycles. The Morgan fingerprint density at radius 2 is 2.10 bits per heavy atom. The predicted molar refractivity (Wildman–Crippen MR) is 43.2 cm³/mol. The number of nitrogens with two attached hydrogens (primary N) is 1. The fourth-order valence-corrected chi connectivity index (χ4v) is 1.76. The molecular formula is C6H15NO2S. The minimum Gasteiger partial charge on any atom is -0.371 e. The molecule has 1 unspecified atom stereocenters. The average Bonchev–Trinajstić information content (AvgIpc) is 1.59. The molecule has 0 saturated carbocycles. The molecule has 10 heavy (non-hydrogen) atoms. The summed E-state index contributed by atoms with van der Waals surface area (Å²) in [5, 5.41) is 0. The van der Waals surface area contributed by atoms with Gasteiger partial charge in [0.1, 0.15) is 5.94 Å². The quantitative estimate of drug-likeness (QED) is 0.641. The van der Waals surface area contributed by atoms with E-state index in [4.69, 9.17) is 10.5 Å². The first-order valence-electron chi connectivity index (χ1n) is 3.08. The van der Waals surface area contributed by atoms with Crippen LogP contribution in [0.5, 0.6) is 0 Å². The topological polar surface area (TPSA) is 52.3 Å². The molecule has 4 heteroatoms. The molecule has 0 rings (SSSR count). The van der Waals surface area contributed by atoms with Crippen LogP contribution in [0.1, 0.15) is 13.8 Å². The molecule has 0 saturated heterocycles. The number of ether oxygens (including phenoxy) is 1. The van der Waals surface area contributed by atoms with Crippen molar-refractivity contribution in [2.45, 2.75) is 19.4 Å². The van der Waals surface area contributed by atoms with Crippen molar-refractivity contribution in [3.05, 3.63) is 0 Å². The summed E-state index contributed by atoms with van der Waals surface area (Å²) in [4.78, 5) is 0. The van der Waals surface area contributed by atoms with Crippen LogP contribution in [0.2, 0.25) is 0 Å². The van der Waals surface area contributed by atoms with Crippen LogP contribution in [0.25, 0.3) is 0 Å². The zero-order chi connectivity index (χ0) is 8.20. The van der Waals surface area contributed by atoms with E-state index in [0.29, 0.717) is 5.75 Å². The largest absolute Gasteiger partial charge is 0.371 e. The monoisotopic (exact) mass is 165 g/mol. The van der Waals surface area contributed by atoms with Crippen LogP contribution in [0.15, 0.2) is 0 Å². The van der Waals surface area contributed by atoms with E-state index in [1.807, 2.05) is 13.8 Å². The Labute approximate surface area is 64.4 Å². The maximum absolute atomic E-state index is 11.0. The van der Waals surface area contributed by atoms with Gasteiger partial charge >= 0.3 is 0 Å². The maximum atomic E-state index is 11.0. The summed E-state index contributed by atoms with van der Waals surface area (Å²) in [7, 11) is 0.592. The minimum absolute atomic E-state index is 0.278. The summed E-state index contributed by atoms with van der Waals surface area (Å²) in [6.07, 6.45) is 0. The number of hydrogen-bond donors (Lipinski definition) is 1. The van der Waals surface area contributed by atoms with Gasteiger partial charge < -0.3 is 10.5 Å². The third kappa shape index (κ3) is 6.19. The molecule has 0 spiro atoms. The van der Waals surface area contributed by atoms with E-state index in [-0.39, 0.29) is 11.5 Å². The Morgan fingerprint density at radius 3 is 2.40 bits per heavy atom. The summed E-state index contributed by atoms with van der Waals surface area (Å²) in [5.41, 5.74) is 5.26. The second-order valence-electron chi connectivity index (χ2n) is 2.98. The van der Waals surface area contributed by atoms with Crippen LogP contribution in [0.4, 0.5) is 0 Å². The van der Waals surface area contributed by atoms with Crippen molar-refractivity contribution in [1.29, 1.82) is 0 Å². The van der Waals surface area contributed by atoms with Gasteiger partial charge in [-0.05, 0) is 13.8 Å². The van der Waals surface area contributed by atoms with Crippen molar-refractivity contribution in [1.82, 2.24) is 0 Å². The molecule has 0 aromatic carbocycles. The SMILES string of the molecule is COCS(=O)CC(C)(C)N. The molecular weight excluding hydrogens is 150 g/mol. The summed E-state index contributed by atoms with van der Waals surface area (Å²) in [6, 6.07) is 0. The van der Waals surface area contributed by atoms with Crippen LogP contribution in [0, 0.1) is 0 Å². The lowest BCUT2D eigenvalue weighted by Gasteiger charge is -2.16. The highest BCUT2D eigenvalue weighted by atomic mass is 32.2. The van der Waals surface area contributed by atoms with Crippen LogP contribution >= 0.6 is 0 Å². The van der Waals surface area contributed by atoms with Gasteiger partial charge in [-0.25, -0.2) is 0 Å². The molecule has 0 aromatic heterocycles. The van der Waals surface area contributed by atoms with Crippen molar-refractivity contribution < 1.29 is 8.95 Å². The first-order valence-corrected chi connectivity index (χ1v) is 4.57. The minimum atomic E-state index is -0.937. The van der Waals surface area contributed by atoms with E-state index < -0.39 is 10.8 Å². The summed E-state index contributed by atoms with van der Waals surface area (Å²) >= 11 is 0. The van der Waals surface area contributed by atoms with E-state index in [1.165, 1.54) is 7.11 Å². The highest BCUT2D eigenvalue weighted by molar-refractivity contribution is 7.84. The van der Waals surface area contributed by atoms with E-state index in [0.717, 1.165) is 0 Å². The summed E-state index contributed by atoms with van der Waals surface area (Å²) in [5.74, 6) is 0.765. The zero-order valence-electron chi connectivity index (χ0n) is 6.72. The normalized spacial score (nSPS) is 15.2. The molecule has 0 aliphatic rings. The highest BCUT2D eigenvalue weighted by Gasteiger charge is 2.14. The molecule has 0 amide bonds. The first kappa shape index (κ1) is 10.1. The van der Waals surface area contributed by atoms with Gasteiger partial charge in [-0.1, -0.05) is 0 Å². The Hall–Kier alpha value is 0.0700. The average molecular weight is 165 g/mol. The molecule has 0 aliphatic heterocycles. The van der Waals surface area contributed by atoms with E-state index >= 15 is 0 Å². The second kappa shape index (κ2) is 4.05. The molecule has 0 bridgehead atoms. The fourth-order valence-electron chi connectivity index (χ4n) is 0.588. The Morgan fingerprint density at radius 1 is 1.60 bits per heavy atom. The first-order chi connectivity index (χ1) is 4.45. The van der Waals surface area contributed by atoms with Gasteiger partial charge in [0.2, 0.25) is 0 Å². The van der Waals surface area contributed by atoms with Gasteiger partial charge in [-0.3, -0.25) is 4.21 Å². The smallest absolute Gasteiger partial charge is 0.121 e. The molecule has 1 atom stereocenters. The number of hydrogen-bond acceptors (Lipinski definition) is 3. The summed E-state index contributed by atoms with van der Waals surface area (Å²) in [6.45, 7) is 3.70. The second-order valence-corrected chi connectivity index (χ2v) is 4.38. The van der Waals surface area contributed by atoms with E-state index in [9.17, 15) is 4.21 Å². The predicted octanol–water partition coefficient (Wildman–Crippen LogP) is 0.0763. The summed E-state index contributed by atoms with van der Waals surface area (Å²) < 4.78 is 15.7. The van der Waals surface area contributed by atoms with Crippen molar-refractivity contribution in [3.8, 4) is 0 Å². The number of methoxy groups -OCH3 is 1. The van der Waals surface area contributed by atoms with Crippen LogP contribution in [0.3, 0.4) is 0 Å². The van der Waals surface area contributed by atoms with E-state index in [2.05, 4.69) is 0 Å². The van der Waals surface area contributed by atoms with Crippen LogP contribution in [-0.4, -0.2) is 28.5 Å². The van der Waals surface area contributed by atoms with Crippen molar-refractivity contribution in [2.24, 2.45) is 5.73 Å². The molecule has 3 nitrogen and oxygen atoms in total. The Balaban J connectivity index is 3.58. The standard InChI is InChI=1S/C6H15NO2S/c1-6(2,7)4-10(8)5-9-3/h4-5,7H2,1-3H3. The van der Waals surface area contributed by atoms with Crippen LogP contribution < -0.4 is 5.73 Å². The van der Waals surface area contributed by atoms with Gasteiger partial charge in [-0.15, -0.1) is 0 Å². The number of rotatable bonds is 4. The Bertz CT molecular complexity index is 119. The van der Waals surface area contributed by atoms with Crippen molar-refractivity contribution in [3.63, 3.8) is 0 Å². The lowest BCUT2D eigenvalue weighted by atomic mass is 10.1. The maximum Gasteiger partial charge on any atom is 0.121 e. The fraction of sp³-hybridized carbons (Fsp3) is 1.00. The van der Waals surface area contributed by atoms with Gasteiger partial charge in [0.15, 0.2) is 0 Å². The lowest BCUT2D eigenvalue weighted by Crippen LogP contribution is -2.38. The van der Waals surface area contributed by atoms with Crippen LogP contribution in [-0.2, 0) is 15.5 Å². The molecule has 2 N–H and O–H groups in total. The van der Waals surface area contributed by atoms with Crippen molar-refractivity contribution >= 4 is 10.8 Å².